The van der Waals surface area contributed by atoms with Crippen molar-refractivity contribution in [1.29, 1.82) is 0 Å². The van der Waals surface area contributed by atoms with Crippen molar-refractivity contribution in [3.63, 3.8) is 0 Å². The summed E-state index contributed by atoms with van der Waals surface area (Å²) in [6, 6.07) is 24.6. The molecule has 0 saturated carbocycles. The smallest absolute Gasteiger partial charge is 0.249 e. The molecular formula is C33H36N2O6. The highest BCUT2D eigenvalue weighted by atomic mass is 16.5. The molecule has 0 aliphatic carbocycles. The first-order valence-electron chi connectivity index (χ1n) is 13.7. The molecule has 0 fully saturated rings. The number of rotatable bonds is 14. The second-order valence-corrected chi connectivity index (χ2v) is 9.97. The van der Waals surface area contributed by atoms with Gasteiger partial charge in [-0.15, -0.1) is 0 Å². The van der Waals surface area contributed by atoms with E-state index in [4.69, 9.17) is 13.9 Å². The number of hydrogen-bond donors (Lipinski definition) is 0. The maximum Gasteiger partial charge on any atom is 0.249 e. The minimum atomic E-state index is -0.286. The van der Waals surface area contributed by atoms with E-state index in [1.165, 1.54) is 11.2 Å². The minimum Gasteiger partial charge on any atom is -0.464 e. The van der Waals surface area contributed by atoms with Crippen molar-refractivity contribution in [2.75, 3.05) is 33.4 Å². The Balaban J connectivity index is 1.52. The van der Waals surface area contributed by atoms with E-state index in [0.717, 1.165) is 16.7 Å². The quantitative estimate of drug-likeness (QED) is 0.209. The molecular weight excluding hydrogens is 520 g/mol. The van der Waals surface area contributed by atoms with Crippen LogP contribution >= 0.6 is 0 Å². The highest BCUT2D eigenvalue weighted by Crippen LogP contribution is 2.16. The van der Waals surface area contributed by atoms with Gasteiger partial charge in [0.05, 0.1) is 36.9 Å². The van der Waals surface area contributed by atoms with Crippen LogP contribution in [-0.4, -0.2) is 55.0 Å². The van der Waals surface area contributed by atoms with Gasteiger partial charge in [-0.1, -0.05) is 72.3 Å². The maximum atomic E-state index is 13.8. The van der Waals surface area contributed by atoms with Crippen molar-refractivity contribution < 1.29 is 23.5 Å². The summed E-state index contributed by atoms with van der Waals surface area (Å²) in [7, 11) is 1.60. The van der Waals surface area contributed by atoms with Gasteiger partial charge >= 0.3 is 0 Å². The summed E-state index contributed by atoms with van der Waals surface area (Å²) in [5.41, 5.74) is 3.50. The first-order chi connectivity index (χ1) is 19.9. The summed E-state index contributed by atoms with van der Waals surface area (Å²) in [4.78, 5) is 43.3. The molecule has 0 N–H and O–H groups in total. The molecule has 0 saturated heterocycles. The molecule has 2 amide bonds. The lowest BCUT2D eigenvalue weighted by atomic mass is 10.1. The Morgan fingerprint density at radius 2 is 1.56 bits per heavy atom. The average Bonchev–Trinajstić information content (AvgIpc) is 2.99. The van der Waals surface area contributed by atoms with E-state index >= 15 is 0 Å². The predicted molar refractivity (Wildman–Crippen MR) is 157 cm³/mol. The Hall–Kier alpha value is -4.27. The van der Waals surface area contributed by atoms with Crippen molar-refractivity contribution in [3.05, 3.63) is 118 Å². The lowest BCUT2D eigenvalue weighted by Crippen LogP contribution is -2.44. The van der Waals surface area contributed by atoms with E-state index in [1.807, 2.05) is 73.7 Å². The summed E-state index contributed by atoms with van der Waals surface area (Å²) in [5, 5.41) is 0.474. The van der Waals surface area contributed by atoms with Crippen LogP contribution in [0.15, 0.2) is 94.3 Å². The monoisotopic (exact) mass is 556 g/mol. The number of methoxy groups -OCH3 is 1. The third-order valence-corrected chi connectivity index (χ3v) is 6.72. The second-order valence-electron chi connectivity index (χ2n) is 9.97. The van der Waals surface area contributed by atoms with Gasteiger partial charge < -0.3 is 23.7 Å². The Labute approximate surface area is 240 Å². The zero-order valence-corrected chi connectivity index (χ0v) is 23.6. The van der Waals surface area contributed by atoms with E-state index < -0.39 is 0 Å². The molecule has 214 valence electrons. The van der Waals surface area contributed by atoms with Gasteiger partial charge in [-0.3, -0.25) is 14.4 Å². The van der Waals surface area contributed by atoms with E-state index in [9.17, 15) is 14.4 Å². The molecule has 0 aliphatic rings. The van der Waals surface area contributed by atoms with E-state index in [1.54, 1.807) is 24.1 Å². The number of ether oxygens (including phenoxy) is 2. The fourth-order valence-electron chi connectivity index (χ4n) is 4.51. The molecule has 4 rings (SSSR count). The molecule has 0 bridgehead atoms. The van der Waals surface area contributed by atoms with Crippen molar-refractivity contribution in [2.45, 2.75) is 33.0 Å². The van der Waals surface area contributed by atoms with Gasteiger partial charge in [-0.25, -0.2) is 0 Å². The molecule has 3 aromatic carbocycles. The maximum absolute atomic E-state index is 13.8. The molecule has 1 aromatic heterocycles. The van der Waals surface area contributed by atoms with Gasteiger partial charge in [0.15, 0.2) is 5.43 Å². The highest BCUT2D eigenvalue weighted by Gasteiger charge is 2.23. The first-order valence-corrected chi connectivity index (χ1v) is 13.7. The van der Waals surface area contributed by atoms with Crippen LogP contribution in [-0.2, 0) is 38.8 Å². The Morgan fingerprint density at radius 3 is 2.27 bits per heavy atom. The number of benzene rings is 3. The van der Waals surface area contributed by atoms with Gasteiger partial charge in [-0.2, -0.15) is 0 Å². The largest absolute Gasteiger partial charge is 0.464 e. The lowest BCUT2D eigenvalue weighted by Gasteiger charge is -2.28. The minimum absolute atomic E-state index is 0.0462. The molecule has 41 heavy (non-hydrogen) atoms. The van der Waals surface area contributed by atoms with E-state index in [0.29, 0.717) is 42.7 Å². The van der Waals surface area contributed by atoms with Gasteiger partial charge in [0.2, 0.25) is 11.8 Å². The van der Waals surface area contributed by atoms with Crippen molar-refractivity contribution >= 4 is 22.8 Å². The number of carbonyl (C=O) groups excluding carboxylic acids is 2. The number of amides is 2. The fraction of sp³-hybridized carbons (Fsp3) is 0.303. The molecule has 8 nitrogen and oxygen atoms in total. The summed E-state index contributed by atoms with van der Waals surface area (Å²) in [6.07, 6.45) is 1.99. The number of fused-ring (bicyclic) bond motifs is 1. The topological polar surface area (TPSA) is 89.3 Å². The van der Waals surface area contributed by atoms with Crippen LogP contribution in [0.25, 0.3) is 11.0 Å². The SMILES string of the molecule is COCCCN(CC(=O)N(Cc1ccccc1)Cc1coc2ccc(C)cc2c1=O)C(=O)COCc1ccccc1. The molecule has 8 heteroatoms. The number of aryl methyl sites for hydroxylation is 1. The number of carbonyl (C=O) groups is 2. The van der Waals surface area contributed by atoms with E-state index in [-0.39, 0.29) is 43.5 Å². The zero-order valence-electron chi connectivity index (χ0n) is 23.6. The van der Waals surface area contributed by atoms with Gasteiger partial charge in [0.1, 0.15) is 12.2 Å². The summed E-state index contributed by atoms with van der Waals surface area (Å²) >= 11 is 0. The molecule has 0 atom stereocenters. The van der Waals surface area contributed by atoms with Crippen LogP contribution in [0, 0.1) is 6.92 Å². The number of nitrogens with zero attached hydrogens (tertiary/aromatic N) is 2. The Kier molecular flexibility index (Phi) is 10.8. The standard InChI is InChI=1S/C33H36N2O6/c1-25-14-15-30-29(18-25)33(38)28(23-41-30)20-35(19-26-10-5-3-6-11-26)31(36)21-34(16-9-17-39-2)32(37)24-40-22-27-12-7-4-8-13-27/h3-8,10-15,18,23H,9,16-17,19-22,24H2,1-2H3. The van der Waals surface area contributed by atoms with Crippen LogP contribution in [0.3, 0.4) is 0 Å². The lowest BCUT2D eigenvalue weighted by molar-refractivity contribution is -0.144. The normalized spacial score (nSPS) is 11.0. The van der Waals surface area contributed by atoms with Crippen molar-refractivity contribution in [3.8, 4) is 0 Å². The van der Waals surface area contributed by atoms with Crippen LogP contribution < -0.4 is 5.43 Å². The van der Waals surface area contributed by atoms with Crippen molar-refractivity contribution in [2.24, 2.45) is 0 Å². The van der Waals surface area contributed by atoms with Crippen LogP contribution in [0.1, 0.15) is 28.7 Å². The van der Waals surface area contributed by atoms with Crippen LogP contribution in [0.4, 0.5) is 0 Å². The third-order valence-electron chi connectivity index (χ3n) is 6.72. The van der Waals surface area contributed by atoms with Gasteiger partial charge in [-0.05, 0) is 36.6 Å². The Bertz CT molecular complexity index is 1490. The van der Waals surface area contributed by atoms with Crippen LogP contribution in [0.2, 0.25) is 0 Å². The number of hydrogen-bond acceptors (Lipinski definition) is 6. The molecule has 0 spiro atoms. The third kappa shape index (κ3) is 8.61. The molecule has 0 aliphatic heterocycles. The highest BCUT2D eigenvalue weighted by molar-refractivity contribution is 5.85. The van der Waals surface area contributed by atoms with Crippen LogP contribution in [0.5, 0.6) is 0 Å². The summed E-state index contributed by atoms with van der Waals surface area (Å²) in [6.45, 7) is 3.01. The Morgan fingerprint density at radius 1 is 0.854 bits per heavy atom. The summed E-state index contributed by atoms with van der Waals surface area (Å²) in [5.74, 6) is -0.572. The molecule has 0 radical (unpaired) electrons. The van der Waals surface area contributed by atoms with Gasteiger partial charge in [0, 0.05) is 26.8 Å². The molecule has 4 aromatic rings. The van der Waals surface area contributed by atoms with E-state index in [2.05, 4.69) is 0 Å². The second kappa shape index (κ2) is 14.9. The first kappa shape index (κ1) is 29.7. The van der Waals surface area contributed by atoms with Gasteiger partial charge in [0.25, 0.3) is 0 Å². The zero-order chi connectivity index (χ0) is 29.0. The summed E-state index contributed by atoms with van der Waals surface area (Å²) < 4.78 is 16.6. The fourth-order valence-corrected chi connectivity index (χ4v) is 4.51. The average molecular weight is 557 g/mol. The molecule has 1 heterocycles. The predicted octanol–water partition coefficient (Wildman–Crippen LogP) is 4.71. The molecule has 0 unspecified atom stereocenters. The van der Waals surface area contributed by atoms with Crippen molar-refractivity contribution in [1.82, 2.24) is 9.80 Å².